The van der Waals surface area contributed by atoms with Gasteiger partial charge in [0.2, 0.25) is 17.7 Å². The summed E-state index contributed by atoms with van der Waals surface area (Å²) >= 11 is 0. The van der Waals surface area contributed by atoms with Crippen LogP contribution in [-0.4, -0.2) is 28.5 Å². The third-order valence-corrected chi connectivity index (χ3v) is 3.30. The third-order valence-electron chi connectivity index (χ3n) is 3.30. The Morgan fingerprint density at radius 1 is 1.47 bits per heavy atom. The Labute approximate surface area is 109 Å². The van der Waals surface area contributed by atoms with E-state index >= 15 is 0 Å². The lowest BCUT2D eigenvalue weighted by Gasteiger charge is -2.27. The number of hydrogen-bond donors (Lipinski definition) is 1. The number of aromatic nitrogens is 2. The van der Waals surface area contributed by atoms with E-state index in [4.69, 9.17) is 4.52 Å². The van der Waals surface area contributed by atoms with E-state index in [2.05, 4.69) is 15.5 Å². The van der Waals surface area contributed by atoms with Crippen molar-refractivity contribution in [3.05, 3.63) is 11.7 Å². The molecule has 1 aliphatic rings. The number of aryl methyl sites for hydroxylation is 1. The quantitative estimate of drug-likeness (QED) is 0.909. The SMILES string of the molecule is Cc1noc(CCNC(=O)C2CCC(F)(F)CC2)n1. The summed E-state index contributed by atoms with van der Waals surface area (Å²) in [5.74, 6) is -2.04. The first-order valence-corrected chi connectivity index (χ1v) is 6.41. The summed E-state index contributed by atoms with van der Waals surface area (Å²) in [6, 6.07) is 0. The van der Waals surface area contributed by atoms with E-state index in [9.17, 15) is 13.6 Å². The van der Waals surface area contributed by atoms with Gasteiger partial charge in [0.1, 0.15) is 0 Å². The van der Waals surface area contributed by atoms with Gasteiger partial charge in [0.25, 0.3) is 0 Å². The fraction of sp³-hybridized carbons (Fsp3) is 0.750. The molecule has 0 saturated heterocycles. The number of alkyl halides is 2. The highest BCUT2D eigenvalue weighted by molar-refractivity contribution is 5.78. The Balaban J connectivity index is 1.70. The molecule has 1 aromatic heterocycles. The van der Waals surface area contributed by atoms with E-state index in [1.54, 1.807) is 6.92 Å². The fourth-order valence-electron chi connectivity index (χ4n) is 2.18. The van der Waals surface area contributed by atoms with Gasteiger partial charge in [0.15, 0.2) is 5.82 Å². The molecule has 1 aromatic rings. The molecule has 0 radical (unpaired) electrons. The molecule has 0 unspecified atom stereocenters. The predicted molar refractivity (Wildman–Crippen MR) is 62.7 cm³/mol. The van der Waals surface area contributed by atoms with Crippen molar-refractivity contribution in [3.63, 3.8) is 0 Å². The molecule has 2 rings (SSSR count). The van der Waals surface area contributed by atoms with Crippen LogP contribution >= 0.6 is 0 Å². The number of hydrogen-bond acceptors (Lipinski definition) is 4. The molecular weight excluding hydrogens is 256 g/mol. The maximum Gasteiger partial charge on any atom is 0.248 e. The third kappa shape index (κ3) is 3.97. The largest absolute Gasteiger partial charge is 0.355 e. The Kier molecular flexibility index (Phi) is 4.11. The molecule has 7 heteroatoms. The molecule has 19 heavy (non-hydrogen) atoms. The van der Waals surface area contributed by atoms with Crippen molar-refractivity contribution < 1.29 is 18.1 Å². The van der Waals surface area contributed by atoms with E-state index < -0.39 is 5.92 Å². The van der Waals surface area contributed by atoms with E-state index in [1.165, 1.54) is 0 Å². The van der Waals surface area contributed by atoms with Crippen molar-refractivity contribution in [1.29, 1.82) is 0 Å². The van der Waals surface area contributed by atoms with Crippen molar-refractivity contribution >= 4 is 5.91 Å². The summed E-state index contributed by atoms with van der Waals surface area (Å²) in [6.07, 6.45) is 0.550. The highest BCUT2D eigenvalue weighted by Crippen LogP contribution is 2.36. The minimum Gasteiger partial charge on any atom is -0.355 e. The Morgan fingerprint density at radius 3 is 2.74 bits per heavy atom. The molecule has 5 nitrogen and oxygen atoms in total. The van der Waals surface area contributed by atoms with Gasteiger partial charge in [-0.1, -0.05) is 5.16 Å². The van der Waals surface area contributed by atoms with E-state index in [1.807, 2.05) is 0 Å². The number of rotatable bonds is 4. The summed E-state index contributed by atoms with van der Waals surface area (Å²) in [7, 11) is 0. The van der Waals surface area contributed by atoms with Crippen LogP contribution in [-0.2, 0) is 11.2 Å². The first-order chi connectivity index (χ1) is 8.96. The van der Waals surface area contributed by atoms with Crippen LogP contribution in [0.4, 0.5) is 8.78 Å². The van der Waals surface area contributed by atoms with Crippen molar-refractivity contribution in [3.8, 4) is 0 Å². The van der Waals surface area contributed by atoms with Gasteiger partial charge in [0, 0.05) is 31.7 Å². The number of carbonyl (C=O) groups excluding carboxylic acids is 1. The first kappa shape index (κ1) is 13.9. The van der Waals surface area contributed by atoms with Gasteiger partial charge in [-0.3, -0.25) is 4.79 Å². The molecule has 1 amide bonds. The van der Waals surface area contributed by atoms with Gasteiger partial charge in [-0.05, 0) is 19.8 Å². The molecule has 0 bridgehead atoms. The molecule has 106 valence electrons. The molecule has 0 spiro atoms. The van der Waals surface area contributed by atoms with Gasteiger partial charge >= 0.3 is 0 Å². The number of nitrogens with zero attached hydrogens (tertiary/aromatic N) is 2. The lowest BCUT2D eigenvalue weighted by Crippen LogP contribution is -2.36. The van der Waals surface area contributed by atoms with Crippen LogP contribution in [0.15, 0.2) is 4.52 Å². The molecule has 1 saturated carbocycles. The zero-order chi connectivity index (χ0) is 13.9. The highest BCUT2D eigenvalue weighted by atomic mass is 19.3. The number of nitrogens with one attached hydrogen (secondary N) is 1. The van der Waals surface area contributed by atoms with Gasteiger partial charge in [-0.2, -0.15) is 4.98 Å². The number of amides is 1. The Hall–Kier alpha value is -1.53. The summed E-state index contributed by atoms with van der Waals surface area (Å²) in [6.45, 7) is 2.10. The molecule has 0 atom stereocenters. The molecule has 1 aliphatic carbocycles. The summed E-state index contributed by atoms with van der Waals surface area (Å²) in [5, 5.41) is 6.36. The zero-order valence-corrected chi connectivity index (χ0v) is 10.8. The lowest BCUT2D eigenvalue weighted by molar-refractivity contribution is -0.129. The average molecular weight is 273 g/mol. The van der Waals surface area contributed by atoms with Crippen LogP contribution < -0.4 is 5.32 Å². The summed E-state index contributed by atoms with van der Waals surface area (Å²) in [4.78, 5) is 15.8. The maximum absolute atomic E-state index is 13.0. The van der Waals surface area contributed by atoms with Crippen LogP contribution in [0.25, 0.3) is 0 Å². The lowest BCUT2D eigenvalue weighted by atomic mass is 9.86. The maximum atomic E-state index is 13.0. The number of carbonyl (C=O) groups is 1. The smallest absolute Gasteiger partial charge is 0.248 e. The molecule has 0 aromatic carbocycles. The molecule has 0 aliphatic heterocycles. The van der Waals surface area contributed by atoms with Crippen LogP contribution in [0.1, 0.15) is 37.4 Å². The molecule has 1 heterocycles. The second-order valence-corrected chi connectivity index (χ2v) is 4.91. The predicted octanol–water partition coefficient (Wildman–Crippen LogP) is 1.86. The number of halogens is 2. The van der Waals surface area contributed by atoms with Crippen molar-refractivity contribution in [2.24, 2.45) is 5.92 Å². The van der Waals surface area contributed by atoms with Gasteiger partial charge in [-0.25, -0.2) is 8.78 Å². The first-order valence-electron chi connectivity index (χ1n) is 6.41. The van der Waals surface area contributed by atoms with Crippen LogP contribution in [0.5, 0.6) is 0 Å². The van der Waals surface area contributed by atoms with Crippen LogP contribution in [0.3, 0.4) is 0 Å². The molecule has 1 N–H and O–H groups in total. The normalized spacial score (nSPS) is 19.3. The highest BCUT2D eigenvalue weighted by Gasteiger charge is 2.37. The Bertz CT molecular complexity index is 438. The second-order valence-electron chi connectivity index (χ2n) is 4.91. The fourth-order valence-corrected chi connectivity index (χ4v) is 2.18. The minimum absolute atomic E-state index is 0.160. The molecular formula is C12H17F2N3O2. The van der Waals surface area contributed by atoms with Gasteiger partial charge < -0.3 is 9.84 Å². The minimum atomic E-state index is -2.60. The van der Waals surface area contributed by atoms with E-state index in [-0.39, 0.29) is 37.5 Å². The molecule has 1 fully saturated rings. The summed E-state index contributed by atoms with van der Waals surface area (Å²) in [5.41, 5.74) is 0. The van der Waals surface area contributed by atoms with E-state index in [0.717, 1.165) is 0 Å². The van der Waals surface area contributed by atoms with Gasteiger partial charge in [0.05, 0.1) is 0 Å². The summed E-state index contributed by atoms with van der Waals surface area (Å²) < 4.78 is 30.8. The van der Waals surface area contributed by atoms with Crippen molar-refractivity contribution in [2.45, 2.75) is 45.0 Å². The van der Waals surface area contributed by atoms with Crippen molar-refractivity contribution in [2.75, 3.05) is 6.54 Å². The van der Waals surface area contributed by atoms with E-state index in [0.29, 0.717) is 24.7 Å². The monoisotopic (exact) mass is 273 g/mol. The van der Waals surface area contributed by atoms with Crippen LogP contribution in [0.2, 0.25) is 0 Å². The van der Waals surface area contributed by atoms with Crippen LogP contribution in [0, 0.1) is 12.8 Å². The zero-order valence-electron chi connectivity index (χ0n) is 10.8. The van der Waals surface area contributed by atoms with Crippen molar-refractivity contribution in [1.82, 2.24) is 15.5 Å². The Morgan fingerprint density at radius 2 is 2.16 bits per heavy atom. The van der Waals surface area contributed by atoms with Gasteiger partial charge in [-0.15, -0.1) is 0 Å². The topological polar surface area (TPSA) is 68.0 Å². The standard InChI is InChI=1S/C12H17F2N3O2/c1-8-16-10(19-17-8)4-7-15-11(18)9-2-5-12(13,14)6-3-9/h9H,2-7H2,1H3,(H,15,18). The average Bonchev–Trinajstić information content (AvgIpc) is 2.75. The second kappa shape index (κ2) is 5.63.